The van der Waals surface area contributed by atoms with Crippen LogP contribution in [0.2, 0.25) is 0 Å². The van der Waals surface area contributed by atoms with Gasteiger partial charge in [-0.15, -0.1) is 0 Å². The Bertz CT molecular complexity index is 583. The van der Waals surface area contributed by atoms with Crippen LogP contribution < -0.4 is 4.90 Å². The van der Waals surface area contributed by atoms with Gasteiger partial charge in [-0.3, -0.25) is 4.79 Å². The summed E-state index contributed by atoms with van der Waals surface area (Å²) in [6.07, 6.45) is 3.10. The summed E-state index contributed by atoms with van der Waals surface area (Å²) in [5.41, 5.74) is 1.16. The van der Waals surface area contributed by atoms with E-state index in [1.807, 2.05) is 42.2 Å². The van der Waals surface area contributed by atoms with Gasteiger partial charge in [0, 0.05) is 18.3 Å². The number of anilines is 1. The quantitative estimate of drug-likeness (QED) is 0.757. The van der Waals surface area contributed by atoms with E-state index in [0.29, 0.717) is 12.2 Å². The third-order valence-electron chi connectivity index (χ3n) is 3.90. The van der Waals surface area contributed by atoms with Crippen molar-refractivity contribution in [1.82, 2.24) is 4.90 Å². The number of ether oxygens (including phenoxy) is 1. The van der Waals surface area contributed by atoms with Crippen LogP contribution in [0.1, 0.15) is 33.6 Å². The Morgan fingerprint density at radius 1 is 1.22 bits per heavy atom. The van der Waals surface area contributed by atoms with Gasteiger partial charge in [0.15, 0.2) is 0 Å². The molecule has 23 heavy (non-hydrogen) atoms. The van der Waals surface area contributed by atoms with Gasteiger partial charge in [0.25, 0.3) is 5.91 Å². The van der Waals surface area contributed by atoms with E-state index < -0.39 is 5.97 Å². The van der Waals surface area contributed by atoms with E-state index in [0.717, 1.165) is 18.5 Å². The highest BCUT2D eigenvalue weighted by Gasteiger charge is 2.35. The molecule has 124 valence electrons. The molecule has 0 bridgehead atoms. The smallest absolute Gasteiger partial charge is 0.355 e. The van der Waals surface area contributed by atoms with E-state index in [1.165, 1.54) is 6.08 Å². The summed E-state index contributed by atoms with van der Waals surface area (Å²) in [6.45, 7) is 6.74. The Morgan fingerprint density at radius 2 is 1.91 bits per heavy atom. The van der Waals surface area contributed by atoms with Crippen molar-refractivity contribution >= 4 is 17.6 Å². The number of para-hydroxylation sites is 1. The van der Waals surface area contributed by atoms with Gasteiger partial charge >= 0.3 is 5.97 Å². The van der Waals surface area contributed by atoms with E-state index in [-0.39, 0.29) is 18.7 Å². The number of unbranched alkanes of at least 4 members (excludes halogenated alkanes) is 1. The highest BCUT2D eigenvalue weighted by Crippen LogP contribution is 2.28. The van der Waals surface area contributed by atoms with Gasteiger partial charge in [0.1, 0.15) is 11.9 Å². The molecule has 0 fully saturated rings. The van der Waals surface area contributed by atoms with E-state index in [9.17, 15) is 9.59 Å². The van der Waals surface area contributed by atoms with Crippen LogP contribution in [0.15, 0.2) is 42.1 Å². The highest BCUT2D eigenvalue weighted by atomic mass is 16.5. The van der Waals surface area contributed by atoms with Gasteiger partial charge in [-0.05, 0) is 32.4 Å². The first-order chi connectivity index (χ1) is 11.1. The van der Waals surface area contributed by atoms with Crippen LogP contribution in [-0.4, -0.2) is 36.1 Å². The third kappa shape index (κ3) is 3.73. The first kappa shape index (κ1) is 17.1. The zero-order valence-corrected chi connectivity index (χ0v) is 14.0. The minimum atomic E-state index is -0.466. The second-order valence-corrected chi connectivity index (χ2v) is 5.47. The number of rotatable bonds is 6. The molecule has 1 unspecified atom stereocenters. The van der Waals surface area contributed by atoms with Crippen molar-refractivity contribution in [2.45, 2.75) is 39.8 Å². The van der Waals surface area contributed by atoms with Gasteiger partial charge < -0.3 is 14.5 Å². The lowest BCUT2D eigenvalue weighted by Crippen LogP contribution is -2.54. The van der Waals surface area contributed by atoms with Gasteiger partial charge in [-0.25, -0.2) is 4.79 Å². The Morgan fingerprint density at radius 3 is 2.52 bits per heavy atom. The summed E-state index contributed by atoms with van der Waals surface area (Å²) in [7, 11) is 0. The lowest BCUT2D eigenvalue weighted by Gasteiger charge is -2.42. The maximum Gasteiger partial charge on any atom is 0.355 e. The minimum absolute atomic E-state index is 0.138. The number of carbonyl (C=O) groups excluding carboxylic acids is 2. The van der Waals surface area contributed by atoms with Crippen LogP contribution in [0, 0.1) is 0 Å². The van der Waals surface area contributed by atoms with Gasteiger partial charge in [0.05, 0.1) is 6.61 Å². The number of carbonyl (C=O) groups is 2. The lowest BCUT2D eigenvalue weighted by atomic mass is 10.1. The molecule has 5 heteroatoms. The van der Waals surface area contributed by atoms with Crippen LogP contribution in [0.25, 0.3) is 0 Å². The average Bonchev–Trinajstić information content (AvgIpc) is 2.55. The molecule has 0 aromatic heterocycles. The predicted molar refractivity (Wildman–Crippen MR) is 89.7 cm³/mol. The number of amides is 1. The molecule has 1 aliphatic rings. The average molecular weight is 316 g/mol. The third-order valence-corrected chi connectivity index (χ3v) is 3.90. The Labute approximate surface area is 137 Å². The van der Waals surface area contributed by atoms with E-state index >= 15 is 0 Å². The van der Waals surface area contributed by atoms with Crippen molar-refractivity contribution in [2.24, 2.45) is 0 Å². The summed E-state index contributed by atoms with van der Waals surface area (Å²) < 4.78 is 5.13. The number of nitrogens with zero attached hydrogens (tertiary/aromatic N) is 2. The summed E-state index contributed by atoms with van der Waals surface area (Å²) in [6, 6.07) is 9.61. The fourth-order valence-electron chi connectivity index (χ4n) is 2.73. The molecule has 1 aromatic rings. The molecule has 0 aliphatic carbocycles. The van der Waals surface area contributed by atoms with Crippen LogP contribution in [0.3, 0.4) is 0 Å². The van der Waals surface area contributed by atoms with Gasteiger partial charge in [0.2, 0.25) is 0 Å². The van der Waals surface area contributed by atoms with Crippen molar-refractivity contribution in [3.05, 3.63) is 42.1 Å². The molecule has 1 atom stereocenters. The monoisotopic (exact) mass is 316 g/mol. The van der Waals surface area contributed by atoms with Crippen LogP contribution in [-0.2, 0) is 14.3 Å². The number of esters is 1. The minimum Gasteiger partial charge on any atom is -0.461 e. The van der Waals surface area contributed by atoms with Crippen molar-refractivity contribution < 1.29 is 14.3 Å². The summed E-state index contributed by atoms with van der Waals surface area (Å²) >= 11 is 0. The molecule has 0 saturated heterocycles. The number of benzene rings is 1. The largest absolute Gasteiger partial charge is 0.461 e. The second kappa shape index (κ2) is 7.81. The highest BCUT2D eigenvalue weighted by molar-refractivity contribution is 6.03. The molecular formula is C18H24N2O3. The number of hydrogen-bond acceptors (Lipinski definition) is 4. The maximum absolute atomic E-state index is 12.4. The predicted octanol–water partition coefficient (Wildman–Crippen LogP) is 2.93. The molecule has 0 spiro atoms. The van der Waals surface area contributed by atoms with Crippen LogP contribution in [0.5, 0.6) is 0 Å². The molecule has 1 aliphatic heterocycles. The van der Waals surface area contributed by atoms with E-state index in [4.69, 9.17) is 4.74 Å². The molecule has 0 N–H and O–H groups in total. The SMILES string of the molecule is CCCCN1C(=O)C=C(C(=O)OCC)N(c2ccccc2)C1C. The summed E-state index contributed by atoms with van der Waals surface area (Å²) in [5, 5.41) is 0. The summed E-state index contributed by atoms with van der Waals surface area (Å²) in [5.74, 6) is -0.604. The Kier molecular flexibility index (Phi) is 5.79. The molecule has 0 radical (unpaired) electrons. The van der Waals surface area contributed by atoms with Crippen LogP contribution >= 0.6 is 0 Å². The first-order valence-electron chi connectivity index (χ1n) is 8.13. The standard InChI is InChI=1S/C18H24N2O3/c1-4-6-12-19-14(3)20(15-10-8-7-9-11-15)16(13-17(19)21)18(22)23-5-2/h7-11,13-14H,4-6,12H2,1-3H3. The first-order valence-corrected chi connectivity index (χ1v) is 8.13. The maximum atomic E-state index is 12.4. The zero-order valence-electron chi connectivity index (χ0n) is 14.0. The normalized spacial score (nSPS) is 18.0. The van der Waals surface area contributed by atoms with Crippen molar-refractivity contribution in [3.63, 3.8) is 0 Å². The molecular weight excluding hydrogens is 292 g/mol. The van der Waals surface area contributed by atoms with Crippen LogP contribution in [0.4, 0.5) is 5.69 Å². The molecule has 1 aromatic carbocycles. The topological polar surface area (TPSA) is 49.9 Å². The fourth-order valence-corrected chi connectivity index (χ4v) is 2.73. The van der Waals surface area contributed by atoms with Crippen molar-refractivity contribution in [3.8, 4) is 0 Å². The molecule has 0 saturated carbocycles. The van der Waals surface area contributed by atoms with Crippen molar-refractivity contribution in [1.29, 1.82) is 0 Å². The van der Waals surface area contributed by atoms with E-state index in [2.05, 4.69) is 6.92 Å². The fraction of sp³-hybridized carbons (Fsp3) is 0.444. The van der Waals surface area contributed by atoms with Crippen molar-refractivity contribution in [2.75, 3.05) is 18.1 Å². The van der Waals surface area contributed by atoms with Gasteiger partial charge in [-0.2, -0.15) is 0 Å². The molecule has 2 rings (SSSR count). The lowest BCUT2D eigenvalue weighted by molar-refractivity contribution is -0.140. The number of hydrogen-bond donors (Lipinski definition) is 0. The molecule has 5 nitrogen and oxygen atoms in total. The summed E-state index contributed by atoms with van der Waals surface area (Å²) in [4.78, 5) is 28.4. The van der Waals surface area contributed by atoms with Gasteiger partial charge in [-0.1, -0.05) is 31.5 Å². The Hall–Kier alpha value is -2.30. The second-order valence-electron chi connectivity index (χ2n) is 5.47. The molecule has 1 heterocycles. The Balaban J connectivity index is 2.41. The van der Waals surface area contributed by atoms with E-state index in [1.54, 1.807) is 11.8 Å². The zero-order chi connectivity index (χ0) is 16.8. The molecule has 1 amide bonds.